The van der Waals surface area contributed by atoms with Gasteiger partial charge in [-0.2, -0.15) is 0 Å². The molecule has 2 aliphatic carbocycles. The largest absolute Gasteiger partial charge is 0.377 e. The van der Waals surface area contributed by atoms with Gasteiger partial charge in [0.25, 0.3) is 0 Å². The number of halogens is 1. The number of hydrogen-bond donors (Lipinski definition) is 2. The van der Waals surface area contributed by atoms with Gasteiger partial charge in [-0.1, -0.05) is 44.2 Å². The van der Waals surface area contributed by atoms with Gasteiger partial charge in [0.15, 0.2) is 5.96 Å². The minimum Gasteiger partial charge on any atom is -0.377 e. The summed E-state index contributed by atoms with van der Waals surface area (Å²) < 4.78 is 5.91. The SMILES string of the molecule is CCN=C(NC1CC1c1ccccc1)NC1C2CCOC2C1(C)C.I. The van der Waals surface area contributed by atoms with Crippen LogP contribution in [0.15, 0.2) is 35.3 Å². The summed E-state index contributed by atoms with van der Waals surface area (Å²) in [6.45, 7) is 8.42. The molecule has 3 aliphatic rings. The van der Waals surface area contributed by atoms with E-state index in [1.807, 2.05) is 0 Å². The van der Waals surface area contributed by atoms with Gasteiger partial charge in [-0.15, -0.1) is 24.0 Å². The number of rotatable bonds is 4. The number of guanidine groups is 1. The zero-order valence-corrected chi connectivity index (χ0v) is 17.7. The van der Waals surface area contributed by atoms with Crippen molar-refractivity contribution in [2.24, 2.45) is 16.3 Å². The predicted molar refractivity (Wildman–Crippen MR) is 113 cm³/mol. The third-order valence-corrected chi connectivity index (χ3v) is 6.05. The van der Waals surface area contributed by atoms with Crippen molar-refractivity contribution in [2.75, 3.05) is 13.2 Å². The number of hydrogen-bond acceptors (Lipinski definition) is 2. The van der Waals surface area contributed by atoms with Crippen molar-refractivity contribution in [2.45, 2.75) is 57.7 Å². The van der Waals surface area contributed by atoms with Crippen molar-refractivity contribution in [1.29, 1.82) is 0 Å². The Kier molecular flexibility index (Phi) is 5.63. The van der Waals surface area contributed by atoms with Crippen LogP contribution in [-0.4, -0.2) is 37.3 Å². The summed E-state index contributed by atoms with van der Waals surface area (Å²) in [5.74, 6) is 2.23. The molecule has 2 saturated carbocycles. The van der Waals surface area contributed by atoms with Gasteiger partial charge in [0.1, 0.15) is 0 Å². The maximum absolute atomic E-state index is 5.91. The zero-order valence-electron chi connectivity index (χ0n) is 15.4. The second-order valence-electron chi connectivity index (χ2n) is 8.01. The molecule has 4 rings (SSSR count). The van der Waals surface area contributed by atoms with Gasteiger partial charge in [0.2, 0.25) is 0 Å². The summed E-state index contributed by atoms with van der Waals surface area (Å²) in [5, 5.41) is 7.37. The molecule has 5 heteroatoms. The summed E-state index contributed by atoms with van der Waals surface area (Å²) in [6.07, 6.45) is 2.77. The van der Waals surface area contributed by atoms with E-state index in [0.29, 0.717) is 30.0 Å². The molecular weight excluding hydrogens is 425 g/mol. The van der Waals surface area contributed by atoms with Crippen LogP contribution < -0.4 is 10.6 Å². The van der Waals surface area contributed by atoms with E-state index in [9.17, 15) is 0 Å². The molecule has 0 amide bonds. The minimum absolute atomic E-state index is 0. The third kappa shape index (κ3) is 3.54. The molecule has 1 heterocycles. The first-order valence-corrected chi connectivity index (χ1v) is 9.35. The fourth-order valence-electron chi connectivity index (χ4n) is 4.65. The van der Waals surface area contributed by atoms with E-state index in [-0.39, 0.29) is 29.4 Å². The topological polar surface area (TPSA) is 45.7 Å². The number of nitrogens with zero attached hydrogens (tertiary/aromatic N) is 1. The van der Waals surface area contributed by atoms with E-state index in [4.69, 9.17) is 4.74 Å². The summed E-state index contributed by atoms with van der Waals surface area (Å²) in [6, 6.07) is 11.7. The maximum atomic E-state index is 5.91. The van der Waals surface area contributed by atoms with E-state index >= 15 is 0 Å². The average molecular weight is 455 g/mol. The molecule has 4 nitrogen and oxygen atoms in total. The van der Waals surface area contributed by atoms with Crippen LogP contribution in [0.4, 0.5) is 0 Å². The predicted octanol–water partition coefficient (Wildman–Crippen LogP) is 3.53. The van der Waals surface area contributed by atoms with Gasteiger partial charge in [0.05, 0.1) is 6.10 Å². The van der Waals surface area contributed by atoms with Gasteiger partial charge >= 0.3 is 0 Å². The fraction of sp³-hybridized carbons (Fsp3) is 0.650. The van der Waals surface area contributed by atoms with Crippen LogP contribution in [-0.2, 0) is 4.74 Å². The molecule has 0 aromatic heterocycles. The first-order valence-electron chi connectivity index (χ1n) is 9.35. The van der Waals surface area contributed by atoms with E-state index in [1.165, 1.54) is 18.4 Å². The van der Waals surface area contributed by atoms with Gasteiger partial charge in [-0.25, -0.2) is 0 Å². The molecule has 138 valence electrons. The summed E-state index contributed by atoms with van der Waals surface area (Å²) in [7, 11) is 0. The summed E-state index contributed by atoms with van der Waals surface area (Å²) in [5.41, 5.74) is 1.61. The molecule has 2 N–H and O–H groups in total. The van der Waals surface area contributed by atoms with Crippen LogP contribution >= 0.6 is 24.0 Å². The van der Waals surface area contributed by atoms with Gasteiger partial charge in [-0.3, -0.25) is 4.99 Å². The molecule has 0 radical (unpaired) electrons. The molecule has 0 spiro atoms. The van der Waals surface area contributed by atoms with Crippen molar-refractivity contribution in [3.05, 3.63) is 35.9 Å². The van der Waals surface area contributed by atoms with E-state index in [0.717, 1.165) is 19.1 Å². The van der Waals surface area contributed by atoms with Gasteiger partial charge < -0.3 is 15.4 Å². The number of nitrogens with one attached hydrogen (secondary N) is 2. The van der Waals surface area contributed by atoms with Crippen LogP contribution in [0, 0.1) is 11.3 Å². The lowest BCUT2D eigenvalue weighted by Gasteiger charge is -2.55. The number of fused-ring (bicyclic) bond motifs is 1. The van der Waals surface area contributed by atoms with Crippen molar-refractivity contribution < 1.29 is 4.74 Å². The Bertz CT molecular complexity index is 619. The number of ether oxygens (including phenoxy) is 1. The summed E-state index contributed by atoms with van der Waals surface area (Å²) >= 11 is 0. The lowest BCUT2D eigenvalue weighted by Crippen LogP contribution is -2.68. The molecule has 1 aromatic carbocycles. The molecule has 1 saturated heterocycles. The highest BCUT2D eigenvalue weighted by Crippen LogP contribution is 2.52. The van der Waals surface area contributed by atoms with Crippen LogP contribution in [0.25, 0.3) is 0 Å². The quantitative estimate of drug-likeness (QED) is 0.415. The Morgan fingerprint density at radius 2 is 2.00 bits per heavy atom. The molecule has 5 unspecified atom stereocenters. The lowest BCUT2D eigenvalue weighted by molar-refractivity contribution is -0.106. The zero-order chi connectivity index (χ0) is 16.7. The standard InChI is InChI=1S/C20H29N3O.HI/c1-4-21-19(22-16-12-15(16)13-8-6-5-7-9-13)23-17-14-10-11-24-18(14)20(17,2)3;/h5-9,14-18H,4,10-12H2,1-3H3,(H2,21,22,23);1H. The molecule has 0 bridgehead atoms. The van der Waals surface area contributed by atoms with Gasteiger partial charge in [-0.05, 0) is 25.3 Å². The Morgan fingerprint density at radius 1 is 1.24 bits per heavy atom. The number of aliphatic imine (C=N–C) groups is 1. The highest BCUT2D eigenvalue weighted by molar-refractivity contribution is 14.0. The molecular formula is C20H30IN3O. The third-order valence-electron chi connectivity index (χ3n) is 6.05. The Balaban J connectivity index is 0.00000182. The smallest absolute Gasteiger partial charge is 0.191 e. The van der Waals surface area contributed by atoms with Crippen LogP contribution in [0.1, 0.15) is 45.1 Å². The normalized spacial score (nSPS) is 35.2. The number of benzene rings is 1. The van der Waals surface area contributed by atoms with Crippen molar-refractivity contribution >= 4 is 29.9 Å². The minimum atomic E-state index is 0. The molecule has 1 aliphatic heterocycles. The second-order valence-corrected chi connectivity index (χ2v) is 8.01. The van der Waals surface area contributed by atoms with E-state index in [2.05, 4.69) is 66.7 Å². The summed E-state index contributed by atoms with van der Waals surface area (Å²) in [4.78, 5) is 4.69. The lowest BCUT2D eigenvalue weighted by atomic mass is 9.57. The molecule has 25 heavy (non-hydrogen) atoms. The maximum Gasteiger partial charge on any atom is 0.191 e. The fourth-order valence-corrected chi connectivity index (χ4v) is 4.65. The van der Waals surface area contributed by atoms with Crippen LogP contribution in [0.5, 0.6) is 0 Å². The second kappa shape index (κ2) is 7.43. The Morgan fingerprint density at radius 3 is 2.72 bits per heavy atom. The van der Waals surface area contributed by atoms with Crippen molar-refractivity contribution in [1.82, 2.24) is 10.6 Å². The van der Waals surface area contributed by atoms with Crippen LogP contribution in [0.3, 0.4) is 0 Å². The van der Waals surface area contributed by atoms with Crippen molar-refractivity contribution in [3.63, 3.8) is 0 Å². The highest BCUT2D eigenvalue weighted by Gasteiger charge is 2.59. The van der Waals surface area contributed by atoms with Crippen LogP contribution in [0.2, 0.25) is 0 Å². The average Bonchev–Trinajstić information content (AvgIpc) is 3.19. The molecule has 5 atom stereocenters. The molecule has 1 aromatic rings. The first kappa shape index (κ1) is 19.0. The van der Waals surface area contributed by atoms with Crippen molar-refractivity contribution in [3.8, 4) is 0 Å². The molecule has 3 fully saturated rings. The first-order chi connectivity index (χ1) is 11.6. The Hall–Kier alpha value is -0.820. The van der Waals surface area contributed by atoms with Gasteiger partial charge in [0, 0.05) is 42.5 Å². The Labute approximate surface area is 168 Å². The monoisotopic (exact) mass is 455 g/mol. The van der Waals surface area contributed by atoms with E-state index < -0.39 is 0 Å². The van der Waals surface area contributed by atoms with E-state index in [1.54, 1.807) is 0 Å². The highest BCUT2D eigenvalue weighted by atomic mass is 127.